The first kappa shape index (κ1) is 8.52. The Balaban J connectivity index is 1.80. The van der Waals surface area contributed by atoms with Crippen molar-refractivity contribution in [3.63, 3.8) is 0 Å². The molecule has 1 saturated carbocycles. The maximum Gasteiger partial charge on any atom is 0.0290 e. The van der Waals surface area contributed by atoms with E-state index in [4.69, 9.17) is 0 Å². The zero-order chi connectivity index (χ0) is 8.23. The molecule has 12 heavy (non-hydrogen) atoms. The van der Waals surface area contributed by atoms with E-state index in [1.54, 1.807) is 0 Å². The highest BCUT2D eigenvalue weighted by atomic mass is 15.1. The van der Waals surface area contributed by atoms with Crippen molar-refractivity contribution in [2.75, 3.05) is 19.6 Å². The summed E-state index contributed by atoms with van der Waals surface area (Å²) >= 11 is 0. The zero-order valence-corrected chi connectivity index (χ0v) is 7.76. The Morgan fingerprint density at radius 2 is 1.92 bits per heavy atom. The molecule has 0 bridgehead atoms. The lowest BCUT2D eigenvalue weighted by Crippen LogP contribution is -2.49. The molecule has 1 N–H and O–H groups in total. The van der Waals surface area contributed by atoms with E-state index in [2.05, 4.69) is 10.6 Å². The van der Waals surface area contributed by atoms with Crippen LogP contribution in [-0.4, -0.2) is 25.7 Å². The van der Waals surface area contributed by atoms with Crippen LogP contribution in [0.25, 0.3) is 0 Å². The first-order valence-electron chi connectivity index (χ1n) is 5.33. The quantitative estimate of drug-likeness (QED) is 0.623. The lowest BCUT2D eigenvalue weighted by atomic mass is 9.83. The van der Waals surface area contributed by atoms with Gasteiger partial charge >= 0.3 is 0 Å². The van der Waals surface area contributed by atoms with Crippen molar-refractivity contribution in [2.45, 2.75) is 38.1 Å². The van der Waals surface area contributed by atoms with E-state index in [1.807, 2.05) is 0 Å². The lowest BCUT2D eigenvalue weighted by molar-refractivity contribution is 0.243. The third-order valence-electron chi connectivity index (χ3n) is 3.22. The number of nitrogens with one attached hydrogen (secondary N) is 1. The van der Waals surface area contributed by atoms with Crippen molar-refractivity contribution in [1.29, 1.82) is 0 Å². The molecule has 1 atom stereocenters. The predicted octanol–water partition coefficient (Wildman–Crippen LogP) is 1.14. The van der Waals surface area contributed by atoms with Gasteiger partial charge in [0.2, 0.25) is 0 Å². The van der Waals surface area contributed by atoms with Crippen LogP contribution in [-0.2, 0) is 0 Å². The van der Waals surface area contributed by atoms with Crippen LogP contribution < -0.4 is 10.6 Å². The molecule has 0 aromatic carbocycles. The molecule has 1 aliphatic heterocycles. The third-order valence-corrected chi connectivity index (χ3v) is 3.22. The van der Waals surface area contributed by atoms with Crippen LogP contribution >= 0.6 is 0 Å². The summed E-state index contributed by atoms with van der Waals surface area (Å²) in [4.78, 5) is 0. The van der Waals surface area contributed by atoms with Crippen molar-refractivity contribution < 1.29 is 0 Å². The van der Waals surface area contributed by atoms with E-state index in [0.717, 1.165) is 31.6 Å². The summed E-state index contributed by atoms with van der Waals surface area (Å²) in [5.41, 5.74) is 0. The summed E-state index contributed by atoms with van der Waals surface area (Å²) in [7, 11) is 0. The molecule has 2 rings (SSSR count). The average Bonchev–Trinajstić information content (AvgIpc) is 2.21. The van der Waals surface area contributed by atoms with Crippen molar-refractivity contribution in [3.8, 4) is 0 Å². The Morgan fingerprint density at radius 1 is 1.08 bits per heavy atom. The number of rotatable bonds is 1. The molecule has 1 aliphatic carbocycles. The van der Waals surface area contributed by atoms with Gasteiger partial charge in [0, 0.05) is 25.7 Å². The molecule has 2 heteroatoms. The van der Waals surface area contributed by atoms with Crippen molar-refractivity contribution >= 4 is 0 Å². The van der Waals surface area contributed by atoms with Crippen LogP contribution in [0, 0.1) is 5.92 Å². The second kappa shape index (κ2) is 4.24. The topological polar surface area (TPSA) is 26.1 Å². The molecule has 1 radical (unpaired) electrons. The average molecular weight is 167 g/mol. The molecule has 1 saturated heterocycles. The van der Waals surface area contributed by atoms with E-state index >= 15 is 0 Å². The highest BCUT2D eigenvalue weighted by Gasteiger charge is 2.24. The molecule has 2 aliphatic rings. The van der Waals surface area contributed by atoms with Gasteiger partial charge in [-0.1, -0.05) is 19.3 Å². The minimum Gasteiger partial charge on any atom is -0.311 e. The fourth-order valence-electron chi connectivity index (χ4n) is 2.48. The summed E-state index contributed by atoms with van der Waals surface area (Å²) in [6, 6.07) is 0.721. The molecule has 2 nitrogen and oxygen atoms in total. The first-order valence-corrected chi connectivity index (χ1v) is 5.33. The normalized spacial score (nSPS) is 33.5. The smallest absolute Gasteiger partial charge is 0.0290 e. The van der Waals surface area contributed by atoms with Crippen LogP contribution in [0.2, 0.25) is 0 Å². The molecule has 69 valence electrons. The van der Waals surface area contributed by atoms with Gasteiger partial charge in [0.05, 0.1) is 0 Å². The number of piperazine rings is 1. The van der Waals surface area contributed by atoms with Gasteiger partial charge in [-0.05, 0) is 18.8 Å². The molecule has 2 fully saturated rings. The van der Waals surface area contributed by atoms with Crippen LogP contribution in [0.3, 0.4) is 0 Å². The fourth-order valence-corrected chi connectivity index (χ4v) is 2.48. The Bertz CT molecular complexity index is 108. The van der Waals surface area contributed by atoms with E-state index in [0.29, 0.717) is 0 Å². The van der Waals surface area contributed by atoms with Gasteiger partial charge in [-0.15, -0.1) is 0 Å². The van der Waals surface area contributed by atoms with Gasteiger partial charge in [-0.25, -0.2) is 5.32 Å². The van der Waals surface area contributed by atoms with Crippen LogP contribution in [0.4, 0.5) is 0 Å². The maximum atomic E-state index is 4.47. The molecule has 1 heterocycles. The lowest BCUT2D eigenvalue weighted by Gasteiger charge is -2.33. The van der Waals surface area contributed by atoms with Gasteiger partial charge in [-0.3, -0.25) is 0 Å². The Kier molecular flexibility index (Phi) is 3.01. The maximum absolute atomic E-state index is 4.47. The van der Waals surface area contributed by atoms with E-state index in [9.17, 15) is 0 Å². The highest BCUT2D eigenvalue weighted by molar-refractivity contribution is 4.83. The van der Waals surface area contributed by atoms with Gasteiger partial charge in [0.25, 0.3) is 0 Å². The molecule has 0 amide bonds. The summed E-state index contributed by atoms with van der Waals surface area (Å²) in [5.74, 6) is 0.933. The van der Waals surface area contributed by atoms with Crippen LogP contribution in [0.5, 0.6) is 0 Å². The number of hydrogen-bond acceptors (Lipinski definition) is 1. The van der Waals surface area contributed by atoms with E-state index in [1.165, 1.54) is 32.1 Å². The van der Waals surface area contributed by atoms with Gasteiger partial charge in [-0.2, -0.15) is 0 Å². The Labute approximate surface area is 75.1 Å². The summed E-state index contributed by atoms with van der Waals surface area (Å²) in [6.07, 6.45) is 7.23. The van der Waals surface area contributed by atoms with E-state index < -0.39 is 0 Å². The van der Waals surface area contributed by atoms with Gasteiger partial charge < -0.3 is 5.32 Å². The minimum absolute atomic E-state index is 0.721. The minimum atomic E-state index is 0.721. The zero-order valence-electron chi connectivity index (χ0n) is 7.76. The molecule has 0 spiro atoms. The monoisotopic (exact) mass is 167 g/mol. The molecule has 0 aromatic rings. The molecule has 1 unspecified atom stereocenters. The van der Waals surface area contributed by atoms with Crippen molar-refractivity contribution in [3.05, 3.63) is 0 Å². The third kappa shape index (κ3) is 1.99. The van der Waals surface area contributed by atoms with Crippen LogP contribution in [0.15, 0.2) is 0 Å². The number of hydrogen-bond donors (Lipinski definition) is 1. The molecule has 0 aromatic heterocycles. The largest absolute Gasteiger partial charge is 0.311 e. The van der Waals surface area contributed by atoms with Crippen molar-refractivity contribution in [1.82, 2.24) is 10.6 Å². The summed E-state index contributed by atoms with van der Waals surface area (Å²) in [6.45, 7) is 3.22. The van der Waals surface area contributed by atoms with Crippen molar-refractivity contribution in [2.24, 2.45) is 5.92 Å². The van der Waals surface area contributed by atoms with E-state index in [-0.39, 0.29) is 0 Å². The standard InChI is InChI=1S/C10H19N2/c1-2-4-9(5-3-1)10-8-11-6-7-12-10/h9-10,12H,1-8H2. The number of nitrogens with zero attached hydrogens (tertiary/aromatic N) is 1. The van der Waals surface area contributed by atoms with Crippen LogP contribution in [0.1, 0.15) is 32.1 Å². The second-order valence-corrected chi connectivity index (χ2v) is 4.09. The summed E-state index contributed by atoms with van der Waals surface area (Å²) < 4.78 is 0. The molecular formula is C10H19N2. The Morgan fingerprint density at radius 3 is 2.58 bits per heavy atom. The summed E-state index contributed by atoms with van der Waals surface area (Å²) in [5, 5.41) is 8.07. The predicted molar refractivity (Wildman–Crippen MR) is 50.2 cm³/mol. The van der Waals surface area contributed by atoms with Gasteiger partial charge in [0.1, 0.15) is 0 Å². The SMILES string of the molecule is C1CCC(C2C[N]CCN2)CC1. The second-order valence-electron chi connectivity index (χ2n) is 4.09. The highest BCUT2D eigenvalue weighted by Crippen LogP contribution is 2.26. The fraction of sp³-hybridized carbons (Fsp3) is 1.00. The Hall–Kier alpha value is -0.0800. The van der Waals surface area contributed by atoms with Gasteiger partial charge in [0.15, 0.2) is 0 Å². The first-order chi connectivity index (χ1) is 5.97. The molecular weight excluding hydrogens is 148 g/mol.